The second-order valence-corrected chi connectivity index (χ2v) is 10.8. The quantitative estimate of drug-likeness (QED) is 0.691. The highest BCUT2D eigenvalue weighted by Gasteiger charge is 2.42. The van der Waals surface area contributed by atoms with Gasteiger partial charge in [0, 0.05) is 5.02 Å². The van der Waals surface area contributed by atoms with Gasteiger partial charge in [0.25, 0.3) is 10.0 Å². The molecule has 1 atom stereocenters. The number of amides is 1. The van der Waals surface area contributed by atoms with E-state index in [2.05, 4.69) is 4.72 Å². The largest absolute Gasteiger partial charge is 0.492 e. The van der Waals surface area contributed by atoms with Crippen LogP contribution in [0.1, 0.15) is 19.4 Å². The van der Waals surface area contributed by atoms with Crippen LogP contribution in [0.15, 0.2) is 41.3 Å². The van der Waals surface area contributed by atoms with Gasteiger partial charge in [-0.3, -0.25) is 9.52 Å². The number of halogens is 1. The summed E-state index contributed by atoms with van der Waals surface area (Å²) in [6.07, 6.45) is 0. The molecule has 1 saturated heterocycles. The minimum absolute atomic E-state index is 0.0329. The fraction of sp³-hybridized carbons (Fsp3) is 0.316. The lowest BCUT2D eigenvalue weighted by atomic mass is 10.2. The summed E-state index contributed by atoms with van der Waals surface area (Å²) in [7, 11) is -8.08. The molecule has 1 heterocycles. The molecule has 1 unspecified atom stereocenters. The molecule has 162 valence electrons. The summed E-state index contributed by atoms with van der Waals surface area (Å²) in [6.45, 7) is 5.05. The lowest BCUT2D eigenvalue weighted by Gasteiger charge is -2.19. The van der Waals surface area contributed by atoms with Crippen molar-refractivity contribution in [3.63, 3.8) is 0 Å². The third kappa shape index (κ3) is 4.12. The van der Waals surface area contributed by atoms with Crippen LogP contribution in [0.4, 0.5) is 11.4 Å². The molecule has 1 aliphatic rings. The SMILES string of the molecule is CCOc1ccc(N2C(=O)C(C)CS2(=O)=O)cc1S(=O)(=O)Nc1cccc(Cl)c1C. The van der Waals surface area contributed by atoms with Gasteiger partial charge in [-0.2, -0.15) is 0 Å². The molecule has 3 rings (SSSR count). The van der Waals surface area contributed by atoms with Crippen LogP contribution < -0.4 is 13.8 Å². The number of anilines is 2. The summed E-state index contributed by atoms with van der Waals surface area (Å²) in [6, 6.07) is 8.60. The summed E-state index contributed by atoms with van der Waals surface area (Å²) >= 11 is 6.07. The molecule has 0 aromatic heterocycles. The van der Waals surface area contributed by atoms with E-state index in [1.165, 1.54) is 19.1 Å². The van der Waals surface area contributed by atoms with E-state index in [-0.39, 0.29) is 34.4 Å². The van der Waals surface area contributed by atoms with E-state index in [9.17, 15) is 21.6 Å². The Bertz CT molecular complexity index is 1210. The zero-order chi connectivity index (χ0) is 22.3. The van der Waals surface area contributed by atoms with Gasteiger partial charge in [-0.25, -0.2) is 21.1 Å². The zero-order valence-corrected chi connectivity index (χ0v) is 18.9. The van der Waals surface area contributed by atoms with Gasteiger partial charge in [-0.15, -0.1) is 0 Å². The van der Waals surface area contributed by atoms with Crippen molar-refractivity contribution in [2.24, 2.45) is 5.92 Å². The standard InChI is InChI=1S/C19H21ClN2O6S2/c1-4-28-17-9-8-14(22-19(23)12(2)11-29(22,24)25)10-18(17)30(26,27)21-16-7-5-6-15(20)13(16)3/h5-10,12,21H,4,11H2,1-3H3. The lowest BCUT2D eigenvalue weighted by Crippen LogP contribution is -2.30. The van der Waals surface area contributed by atoms with E-state index in [0.717, 1.165) is 6.07 Å². The zero-order valence-electron chi connectivity index (χ0n) is 16.5. The molecule has 30 heavy (non-hydrogen) atoms. The number of benzene rings is 2. The fourth-order valence-corrected chi connectivity index (χ4v) is 6.39. The predicted molar refractivity (Wildman–Crippen MR) is 115 cm³/mol. The predicted octanol–water partition coefficient (Wildman–Crippen LogP) is 3.16. The van der Waals surface area contributed by atoms with E-state index in [1.807, 2.05) is 0 Å². The van der Waals surface area contributed by atoms with Gasteiger partial charge >= 0.3 is 0 Å². The molecule has 2 aromatic rings. The minimum Gasteiger partial charge on any atom is -0.492 e. The molecule has 0 spiro atoms. The maximum absolute atomic E-state index is 13.1. The van der Waals surface area contributed by atoms with Crippen molar-refractivity contribution in [3.8, 4) is 5.75 Å². The van der Waals surface area contributed by atoms with Gasteiger partial charge in [0.2, 0.25) is 15.9 Å². The summed E-state index contributed by atoms with van der Waals surface area (Å²) in [5.74, 6) is -1.62. The van der Waals surface area contributed by atoms with Crippen molar-refractivity contribution in [1.82, 2.24) is 0 Å². The first-order valence-corrected chi connectivity index (χ1v) is 12.6. The number of carbonyl (C=O) groups is 1. The van der Waals surface area contributed by atoms with Gasteiger partial charge in [0.15, 0.2) is 0 Å². The molecule has 2 aromatic carbocycles. The Morgan fingerprint density at radius 1 is 1.27 bits per heavy atom. The van der Waals surface area contributed by atoms with Crippen molar-refractivity contribution in [2.45, 2.75) is 25.7 Å². The highest BCUT2D eigenvalue weighted by atomic mass is 35.5. The fourth-order valence-electron chi connectivity index (χ4n) is 3.11. The lowest BCUT2D eigenvalue weighted by molar-refractivity contribution is -0.119. The van der Waals surface area contributed by atoms with Gasteiger partial charge in [0.05, 0.1) is 29.7 Å². The van der Waals surface area contributed by atoms with Crippen LogP contribution in [0.2, 0.25) is 5.02 Å². The van der Waals surface area contributed by atoms with Crippen LogP contribution in [-0.4, -0.2) is 35.1 Å². The first-order valence-electron chi connectivity index (χ1n) is 9.09. The van der Waals surface area contributed by atoms with Gasteiger partial charge in [-0.05, 0) is 49.7 Å². The summed E-state index contributed by atoms with van der Waals surface area (Å²) in [5.41, 5.74) is 0.743. The highest BCUT2D eigenvalue weighted by Crippen LogP contribution is 2.35. The normalized spacial score (nSPS) is 18.5. The Hall–Kier alpha value is -2.30. The minimum atomic E-state index is -4.19. The van der Waals surface area contributed by atoms with Crippen LogP contribution >= 0.6 is 11.6 Å². The molecule has 1 aliphatic heterocycles. The molecular formula is C19H21ClN2O6S2. The average Bonchev–Trinajstić information content (AvgIpc) is 2.86. The number of ether oxygens (including phenoxy) is 1. The van der Waals surface area contributed by atoms with Crippen LogP contribution in [0.5, 0.6) is 5.75 Å². The van der Waals surface area contributed by atoms with Crippen molar-refractivity contribution >= 4 is 48.9 Å². The van der Waals surface area contributed by atoms with Gasteiger partial charge in [-0.1, -0.05) is 24.6 Å². The number of nitrogens with one attached hydrogen (secondary N) is 1. The molecule has 0 radical (unpaired) electrons. The number of hydrogen-bond acceptors (Lipinski definition) is 6. The Labute approximate surface area is 180 Å². The monoisotopic (exact) mass is 472 g/mol. The van der Waals surface area contributed by atoms with Crippen molar-refractivity contribution in [1.29, 1.82) is 0 Å². The number of rotatable bonds is 6. The van der Waals surface area contributed by atoms with Gasteiger partial charge < -0.3 is 4.74 Å². The average molecular weight is 473 g/mol. The first-order chi connectivity index (χ1) is 14.0. The van der Waals surface area contributed by atoms with Crippen molar-refractivity contribution in [2.75, 3.05) is 21.4 Å². The Morgan fingerprint density at radius 3 is 2.57 bits per heavy atom. The molecule has 0 saturated carbocycles. The second kappa shape index (κ2) is 8.09. The molecule has 1 N–H and O–H groups in total. The van der Waals surface area contributed by atoms with E-state index < -0.39 is 31.9 Å². The Morgan fingerprint density at radius 2 is 1.97 bits per heavy atom. The molecule has 1 fully saturated rings. The Kier molecular flexibility index (Phi) is 6.03. The van der Waals surface area contributed by atoms with Crippen molar-refractivity contribution < 1.29 is 26.4 Å². The van der Waals surface area contributed by atoms with E-state index in [0.29, 0.717) is 14.9 Å². The topological polar surface area (TPSA) is 110 Å². The maximum atomic E-state index is 13.1. The molecule has 11 heteroatoms. The molecule has 0 bridgehead atoms. The van der Waals surface area contributed by atoms with E-state index in [1.54, 1.807) is 32.0 Å². The molecule has 8 nitrogen and oxygen atoms in total. The first kappa shape index (κ1) is 22.4. The highest BCUT2D eigenvalue weighted by molar-refractivity contribution is 7.94. The van der Waals surface area contributed by atoms with Crippen LogP contribution in [-0.2, 0) is 24.8 Å². The van der Waals surface area contributed by atoms with Crippen molar-refractivity contribution in [3.05, 3.63) is 47.0 Å². The summed E-state index contributed by atoms with van der Waals surface area (Å²) in [4.78, 5) is 12.1. The second-order valence-electron chi connectivity index (χ2n) is 6.86. The number of carbonyl (C=O) groups excluding carboxylic acids is 1. The molecular weight excluding hydrogens is 452 g/mol. The molecule has 0 aliphatic carbocycles. The third-order valence-corrected chi connectivity index (χ3v) is 8.29. The van der Waals surface area contributed by atoms with Gasteiger partial charge in [0.1, 0.15) is 10.6 Å². The van der Waals surface area contributed by atoms with E-state index in [4.69, 9.17) is 16.3 Å². The summed E-state index contributed by atoms with van der Waals surface area (Å²) < 4.78 is 59.7. The third-order valence-electron chi connectivity index (χ3n) is 4.62. The smallest absolute Gasteiger partial charge is 0.265 e. The number of nitrogens with zero attached hydrogens (tertiary/aromatic N) is 1. The van der Waals surface area contributed by atoms with Crippen LogP contribution in [0.3, 0.4) is 0 Å². The number of sulfonamides is 2. The van der Waals surface area contributed by atoms with E-state index >= 15 is 0 Å². The van der Waals surface area contributed by atoms with Crippen LogP contribution in [0, 0.1) is 12.8 Å². The Balaban J connectivity index is 2.11. The number of hydrogen-bond donors (Lipinski definition) is 1. The molecule has 1 amide bonds. The van der Waals surface area contributed by atoms with Crippen LogP contribution in [0.25, 0.3) is 0 Å². The summed E-state index contributed by atoms with van der Waals surface area (Å²) in [5, 5.41) is 0.386. The maximum Gasteiger partial charge on any atom is 0.265 e.